The van der Waals surface area contributed by atoms with Gasteiger partial charge in [0.2, 0.25) is 0 Å². The average Bonchev–Trinajstić information content (AvgIpc) is 3.37. The predicted octanol–water partition coefficient (Wildman–Crippen LogP) is 2.96. The van der Waals surface area contributed by atoms with E-state index >= 15 is 0 Å². The van der Waals surface area contributed by atoms with E-state index in [1.807, 2.05) is 45.2 Å². The molecular weight excluding hydrogens is 380 g/mol. The van der Waals surface area contributed by atoms with Crippen LogP contribution in [0.2, 0.25) is 0 Å². The molecule has 0 spiro atoms. The number of aryl methyl sites for hydroxylation is 1. The number of aromatic nitrogens is 2. The van der Waals surface area contributed by atoms with Crippen LogP contribution >= 0.6 is 0 Å². The number of nitrogens with one attached hydrogen (secondary N) is 1. The Bertz CT molecular complexity index is 685. The van der Waals surface area contributed by atoms with Crippen molar-refractivity contribution in [2.45, 2.75) is 71.1 Å². The molecule has 0 bridgehead atoms. The lowest BCUT2D eigenvalue weighted by molar-refractivity contribution is 0.00928. The van der Waals surface area contributed by atoms with Crippen LogP contribution in [0.1, 0.15) is 52.9 Å². The van der Waals surface area contributed by atoms with Crippen molar-refractivity contribution in [2.75, 3.05) is 33.2 Å². The largest absolute Gasteiger partial charge is 0.444 e. The van der Waals surface area contributed by atoms with Crippen LogP contribution in [0.15, 0.2) is 23.7 Å². The Balaban J connectivity index is 1.46. The molecule has 1 saturated heterocycles. The Morgan fingerprint density at radius 3 is 2.57 bits per heavy atom. The van der Waals surface area contributed by atoms with E-state index in [9.17, 15) is 4.79 Å². The van der Waals surface area contributed by atoms with Gasteiger partial charge in [-0.05, 0) is 58.8 Å². The molecule has 0 atom stereocenters. The van der Waals surface area contributed by atoms with Crippen molar-refractivity contribution < 1.29 is 9.53 Å². The minimum absolute atomic E-state index is 0.158. The van der Waals surface area contributed by atoms with Crippen molar-refractivity contribution in [3.63, 3.8) is 0 Å². The van der Waals surface area contributed by atoms with Crippen LogP contribution in [-0.2, 0) is 11.3 Å². The molecule has 8 heteroatoms. The number of carbonyl (C=O) groups excluding carboxylic acids is 1. The van der Waals surface area contributed by atoms with Gasteiger partial charge < -0.3 is 24.4 Å². The summed E-state index contributed by atoms with van der Waals surface area (Å²) >= 11 is 0. The molecule has 3 rings (SSSR count). The summed E-state index contributed by atoms with van der Waals surface area (Å²) in [4.78, 5) is 25.7. The number of hydrogen-bond acceptors (Lipinski definition) is 4. The second-order valence-electron chi connectivity index (χ2n) is 9.42. The van der Waals surface area contributed by atoms with Crippen LogP contribution < -0.4 is 5.32 Å². The standard InChI is InChI=1S/C22H38N6O2/c1-22(2,3)30-21(29)28(16-18-6-7-18)19-8-13-27(14-9-19)20(23-4)25-10-5-12-26-15-11-24-17-26/h11,15,17-19H,5-10,12-14,16H2,1-4H3,(H,23,25). The van der Waals surface area contributed by atoms with Crippen molar-refractivity contribution >= 4 is 12.1 Å². The number of aliphatic imine (C=N–C) groups is 1. The first-order valence-electron chi connectivity index (χ1n) is 11.3. The van der Waals surface area contributed by atoms with Crippen LogP contribution in [0.3, 0.4) is 0 Å². The second-order valence-corrected chi connectivity index (χ2v) is 9.42. The molecule has 1 saturated carbocycles. The molecule has 1 aromatic heterocycles. The first-order valence-corrected chi connectivity index (χ1v) is 11.3. The SMILES string of the molecule is CN=C(NCCCn1ccnc1)N1CCC(N(CC2CC2)C(=O)OC(C)(C)C)CC1. The summed E-state index contributed by atoms with van der Waals surface area (Å²) in [5.41, 5.74) is -0.456. The maximum atomic E-state index is 12.8. The summed E-state index contributed by atoms with van der Waals surface area (Å²) in [6.45, 7) is 10.3. The molecule has 30 heavy (non-hydrogen) atoms. The normalized spacial score (nSPS) is 18.4. The summed E-state index contributed by atoms with van der Waals surface area (Å²) in [7, 11) is 1.84. The fraction of sp³-hybridized carbons (Fsp3) is 0.773. The van der Waals surface area contributed by atoms with E-state index in [0.717, 1.165) is 57.9 Å². The first-order chi connectivity index (χ1) is 14.4. The molecular formula is C22H38N6O2. The second kappa shape index (κ2) is 10.2. The van der Waals surface area contributed by atoms with Crippen LogP contribution in [0, 0.1) is 5.92 Å². The van der Waals surface area contributed by atoms with Crippen molar-refractivity contribution in [2.24, 2.45) is 10.9 Å². The maximum absolute atomic E-state index is 12.8. The number of imidazole rings is 1. The highest BCUT2D eigenvalue weighted by Gasteiger charge is 2.35. The first kappa shape index (κ1) is 22.4. The molecule has 168 valence electrons. The number of carbonyl (C=O) groups is 1. The van der Waals surface area contributed by atoms with Gasteiger partial charge in [-0.2, -0.15) is 0 Å². The zero-order valence-corrected chi connectivity index (χ0v) is 19.0. The number of guanidine groups is 1. The van der Waals surface area contributed by atoms with Crippen molar-refractivity contribution in [3.8, 4) is 0 Å². The van der Waals surface area contributed by atoms with Gasteiger partial charge in [-0.25, -0.2) is 9.78 Å². The number of rotatable bonds is 7. The van der Waals surface area contributed by atoms with E-state index in [1.54, 1.807) is 6.20 Å². The highest BCUT2D eigenvalue weighted by atomic mass is 16.6. The minimum Gasteiger partial charge on any atom is -0.444 e. The third-order valence-corrected chi connectivity index (χ3v) is 5.63. The van der Waals surface area contributed by atoms with Gasteiger partial charge in [0, 0.05) is 58.2 Å². The molecule has 2 heterocycles. The average molecular weight is 419 g/mol. The molecule has 0 radical (unpaired) electrons. The molecule has 1 aliphatic heterocycles. The molecule has 0 unspecified atom stereocenters. The molecule has 1 aliphatic carbocycles. The van der Waals surface area contributed by atoms with Crippen LogP contribution in [0.5, 0.6) is 0 Å². The fourth-order valence-corrected chi connectivity index (χ4v) is 3.87. The minimum atomic E-state index is -0.456. The van der Waals surface area contributed by atoms with Crippen molar-refractivity contribution in [1.82, 2.24) is 24.7 Å². The maximum Gasteiger partial charge on any atom is 0.410 e. The topological polar surface area (TPSA) is 75.0 Å². The number of amides is 1. The quantitative estimate of drug-likeness (QED) is 0.419. The zero-order chi connectivity index (χ0) is 21.6. The van der Waals surface area contributed by atoms with E-state index in [0.29, 0.717) is 5.92 Å². The summed E-state index contributed by atoms with van der Waals surface area (Å²) in [6, 6.07) is 0.246. The molecule has 2 aliphatic rings. The van der Waals surface area contributed by atoms with Gasteiger partial charge in [-0.1, -0.05) is 0 Å². The lowest BCUT2D eigenvalue weighted by atomic mass is 10.0. The summed E-state index contributed by atoms with van der Waals surface area (Å²) in [6.07, 6.45) is 10.8. The Morgan fingerprint density at radius 2 is 2.00 bits per heavy atom. The predicted molar refractivity (Wildman–Crippen MR) is 118 cm³/mol. The zero-order valence-electron chi connectivity index (χ0n) is 19.0. The lowest BCUT2D eigenvalue weighted by Crippen LogP contribution is -2.52. The summed E-state index contributed by atoms with van der Waals surface area (Å²) in [5, 5.41) is 3.48. The molecule has 1 amide bonds. The van der Waals surface area contributed by atoms with Gasteiger partial charge >= 0.3 is 6.09 Å². The molecule has 8 nitrogen and oxygen atoms in total. The number of piperidine rings is 1. The highest BCUT2D eigenvalue weighted by molar-refractivity contribution is 5.80. The van der Waals surface area contributed by atoms with Gasteiger partial charge in [0.05, 0.1) is 6.33 Å². The highest BCUT2D eigenvalue weighted by Crippen LogP contribution is 2.32. The number of ether oxygens (including phenoxy) is 1. The lowest BCUT2D eigenvalue weighted by Gasteiger charge is -2.40. The van der Waals surface area contributed by atoms with E-state index in [2.05, 4.69) is 24.8 Å². The molecule has 1 aromatic rings. The Kier molecular flexibility index (Phi) is 7.61. The smallest absolute Gasteiger partial charge is 0.410 e. The number of hydrogen-bond donors (Lipinski definition) is 1. The van der Waals surface area contributed by atoms with Crippen molar-refractivity contribution in [3.05, 3.63) is 18.7 Å². The van der Waals surface area contributed by atoms with Crippen molar-refractivity contribution in [1.29, 1.82) is 0 Å². The van der Waals surface area contributed by atoms with Gasteiger partial charge in [0.1, 0.15) is 5.60 Å². The summed E-state index contributed by atoms with van der Waals surface area (Å²) < 4.78 is 7.79. The van der Waals surface area contributed by atoms with Gasteiger partial charge in [-0.3, -0.25) is 4.99 Å². The third-order valence-electron chi connectivity index (χ3n) is 5.63. The molecule has 1 N–H and O–H groups in total. The van der Waals surface area contributed by atoms with Crippen LogP contribution in [-0.4, -0.2) is 76.3 Å². The third kappa shape index (κ3) is 6.92. The fourth-order valence-electron chi connectivity index (χ4n) is 3.87. The van der Waals surface area contributed by atoms with E-state index in [4.69, 9.17) is 4.74 Å². The van der Waals surface area contributed by atoms with E-state index in [-0.39, 0.29) is 12.1 Å². The van der Waals surface area contributed by atoms with Gasteiger partial charge in [0.25, 0.3) is 0 Å². The van der Waals surface area contributed by atoms with Crippen LogP contribution in [0.4, 0.5) is 4.79 Å². The van der Waals surface area contributed by atoms with Gasteiger partial charge in [-0.15, -0.1) is 0 Å². The summed E-state index contributed by atoms with van der Waals surface area (Å²) in [5.74, 6) is 1.60. The van der Waals surface area contributed by atoms with E-state index in [1.165, 1.54) is 12.8 Å². The van der Waals surface area contributed by atoms with Crippen LogP contribution in [0.25, 0.3) is 0 Å². The Hall–Kier alpha value is -2.25. The molecule has 0 aromatic carbocycles. The Labute approximate surface area is 180 Å². The number of likely N-dealkylation sites (tertiary alicyclic amines) is 1. The van der Waals surface area contributed by atoms with Gasteiger partial charge in [0.15, 0.2) is 5.96 Å². The molecule has 2 fully saturated rings. The monoisotopic (exact) mass is 418 g/mol. The Morgan fingerprint density at radius 1 is 1.27 bits per heavy atom. The number of nitrogens with zero attached hydrogens (tertiary/aromatic N) is 5. The van der Waals surface area contributed by atoms with E-state index < -0.39 is 5.60 Å².